The van der Waals surface area contributed by atoms with Gasteiger partial charge in [0.2, 0.25) is 0 Å². The van der Waals surface area contributed by atoms with Crippen LogP contribution in [0.4, 0.5) is 4.79 Å². The second-order valence-corrected chi connectivity index (χ2v) is 6.63. The smallest absolute Gasteiger partial charge is 0.410 e. The van der Waals surface area contributed by atoms with Gasteiger partial charge < -0.3 is 4.74 Å². The summed E-state index contributed by atoms with van der Waals surface area (Å²) in [6.45, 7) is 0. The van der Waals surface area contributed by atoms with Gasteiger partial charge >= 0.3 is 6.09 Å². The van der Waals surface area contributed by atoms with Gasteiger partial charge in [0.25, 0.3) is 5.56 Å². The normalized spacial score (nSPS) is 11.0. The van der Waals surface area contributed by atoms with E-state index in [-0.39, 0.29) is 5.56 Å². The third-order valence-corrected chi connectivity index (χ3v) is 4.79. The number of nitrogens with one attached hydrogen (secondary N) is 1. The van der Waals surface area contributed by atoms with Crippen LogP contribution in [-0.2, 0) is 0 Å². The van der Waals surface area contributed by atoms with Crippen LogP contribution >= 0.6 is 0 Å². The Bertz CT molecular complexity index is 1380. The maximum atomic E-state index is 12.4. The van der Waals surface area contributed by atoms with Crippen LogP contribution < -0.4 is 10.3 Å². The summed E-state index contributed by atoms with van der Waals surface area (Å²) in [6.07, 6.45) is 2.99. The number of H-pyrrole nitrogens is 1. The first-order valence-electron chi connectivity index (χ1n) is 9.06. The molecule has 2 aromatic heterocycles. The standard InChI is InChI=1S/C23H15N3O3/c27-22-20-8-4-3-7-19(20)21(24-25-22)15-9-11-18(12-10-15)29-23(28)26-13-16-5-1-2-6-17(16)14-26/h1-14H,(H,25,27). The molecule has 0 radical (unpaired) electrons. The molecule has 1 N–H and O–H groups in total. The second kappa shape index (κ2) is 6.76. The summed E-state index contributed by atoms with van der Waals surface area (Å²) in [5.74, 6) is 0.422. The second-order valence-electron chi connectivity index (χ2n) is 6.63. The van der Waals surface area contributed by atoms with Crippen molar-refractivity contribution >= 4 is 27.6 Å². The van der Waals surface area contributed by atoms with Crippen molar-refractivity contribution in [3.63, 3.8) is 0 Å². The Morgan fingerprint density at radius 1 is 0.828 bits per heavy atom. The number of fused-ring (bicyclic) bond motifs is 2. The Balaban J connectivity index is 1.43. The summed E-state index contributed by atoms with van der Waals surface area (Å²) in [5.41, 5.74) is 1.24. The summed E-state index contributed by atoms with van der Waals surface area (Å²) in [6, 6.07) is 22.0. The number of hydrogen-bond acceptors (Lipinski definition) is 4. The van der Waals surface area contributed by atoms with E-state index in [9.17, 15) is 9.59 Å². The zero-order valence-electron chi connectivity index (χ0n) is 15.2. The average molecular weight is 381 g/mol. The molecule has 0 bridgehead atoms. The molecule has 6 nitrogen and oxygen atoms in total. The zero-order chi connectivity index (χ0) is 19.8. The van der Waals surface area contributed by atoms with Gasteiger partial charge in [-0.25, -0.2) is 9.89 Å². The van der Waals surface area contributed by atoms with E-state index in [1.165, 1.54) is 4.57 Å². The molecule has 0 unspecified atom stereocenters. The van der Waals surface area contributed by atoms with Crippen molar-refractivity contribution in [2.45, 2.75) is 0 Å². The van der Waals surface area contributed by atoms with Gasteiger partial charge in [0.1, 0.15) is 5.75 Å². The molecule has 0 amide bonds. The highest BCUT2D eigenvalue weighted by atomic mass is 16.6. The summed E-state index contributed by atoms with van der Waals surface area (Å²) in [4.78, 5) is 24.4. The maximum Gasteiger partial charge on any atom is 0.423 e. The van der Waals surface area contributed by atoms with E-state index in [4.69, 9.17) is 4.74 Å². The topological polar surface area (TPSA) is 77.0 Å². The van der Waals surface area contributed by atoms with Crippen molar-refractivity contribution < 1.29 is 9.53 Å². The predicted octanol–water partition coefficient (Wildman–Crippen LogP) is 4.59. The minimum atomic E-state index is -0.485. The molecular weight excluding hydrogens is 366 g/mol. The van der Waals surface area contributed by atoms with E-state index < -0.39 is 6.09 Å². The molecule has 2 heterocycles. The van der Waals surface area contributed by atoms with Gasteiger partial charge in [0.15, 0.2) is 0 Å². The minimum absolute atomic E-state index is 0.228. The van der Waals surface area contributed by atoms with Gasteiger partial charge in [-0.2, -0.15) is 5.10 Å². The molecule has 0 saturated heterocycles. The molecule has 0 saturated carbocycles. The van der Waals surface area contributed by atoms with Gasteiger partial charge in [-0.3, -0.25) is 9.36 Å². The maximum absolute atomic E-state index is 12.4. The van der Waals surface area contributed by atoms with Crippen LogP contribution in [0.3, 0.4) is 0 Å². The lowest BCUT2D eigenvalue weighted by Crippen LogP contribution is -2.14. The van der Waals surface area contributed by atoms with Crippen molar-refractivity contribution in [2.75, 3.05) is 0 Å². The van der Waals surface area contributed by atoms with Gasteiger partial charge in [0.05, 0.1) is 11.1 Å². The van der Waals surface area contributed by atoms with E-state index in [0.717, 1.165) is 21.7 Å². The highest BCUT2D eigenvalue weighted by molar-refractivity contribution is 5.93. The van der Waals surface area contributed by atoms with Gasteiger partial charge in [0, 0.05) is 23.3 Å². The summed E-state index contributed by atoms with van der Waals surface area (Å²) < 4.78 is 6.90. The lowest BCUT2D eigenvalue weighted by atomic mass is 10.1. The van der Waals surface area contributed by atoms with Crippen LogP contribution in [0.1, 0.15) is 0 Å². The van der Waals surface area contributed by atoms with E-state index in [2.05, 4.69) is 10.2 Å². The van der Waals surface area contributed by atoms with Crippen molar-refractivity contribution in [1.82, 2.24) is 14.8 Å². The molecule has 0 aliphatic rings. The summed E-state index contributed by atoms with van der Waals surface area (Å²) >= 11 is 0. The fraction of sp³-hybridized carbons (Fsp3) is 0. The van der Waals surface area contributed by atoms with Crippen LogP contribution in [0, 0.1) is 0 Å². The molecule has 6 heteroatoms. The van der Waals surface area contributed by atoms with Crippen molar-refractivity contribution in [2.24, 2.45) is 0 Å². The van der Waals surface area contributed by atoms with Crippen LogP contribution in [0.15, 0.2) is 90.0 Å². The van der Waals surface area contributed by atoms with Gasteiger partial charge in [-0.15, -0.1) is 0 Å². The quantitative estimate of drug-likeness (QED) is 0.485. The molecule has 5 rings (SSSR count). The van der Waals surface area contributed by atoms with E-state index >= 15 is 0 Å². The first kappa shape index (κ1) is 16.9. The van der Waals surface area contributed by atoms with Crippen LogP contribution in [0.5, 0.6) is 5.75 Å². The Kier molecular flexibility index (Phi) is 3.95. The van der Waals surface area contributed by atoms with Gasteiger partial charge in [-0.05, 0) is 41.1 Å². The fourth-order valence-corrected chi connectivity index (χ4v) is 3.36. The number of carbonyl (C=O) groups is 1. The average Bonchev–Trinajstić information content (AvgIpc) is 3.20. The molecule has 0 aliphatic heterocycles. The fourth-order valence-electron chi connectivity index (χ4n) is 3.36. The molecule has 0 atom stereocenters. The molecule has 0 aliphatic carbocycles. The SMILES string of the molecule is O=C(Oc1ccc(-c2n[nH]c(=O)c3ccccc23)cc1)n1cc2ccccc2c1. The van der Waals surface area contributed by atoms with Crippen LogP contribution in [-0.4, -0.2) is 20.9 Å². The highest BCUT2D eigenvalue weighted by Crippen LogP contribution is 2.26. The molecule has 140 valence electrons. The molecule has 3 aromatic carbocycles. The van der Waals surface area contributed by atoms with E-state index in [1.54, 1.807) is 30.6 Å². The Morgan fingerprint density at radius 3 is 2.14 bits per heavy atom. The number of benzene rings is 3. The van der Waals surface area contributed by atoms with Crippen LogP contribution in [0.25, 0.3) is 32.8 Å². The number of hydrogen-bond donors (Lipinski definition) is 1. The Morgan fingerprint density at radius 2 is 1.45 bits per heavy atom. The number of ether oxygens (including phenoxy) is 1. The van der Waals surface area contributed by atoms with E-state index in [1.807, 2.05) is 54.6 Å². The lowest BCUT2D eigenvalue weighted by molar-refractivity contribution is 0.202. The van der Waals surface area contributed by atoms with Crippen molar-refractivity contribution in [1.29, 1.82) is 0 Å². The molecule has 0 spiro atoms. The number of rotatable bonds is 2. The third kappa shape index (κ3) is 3.06. The number of carbonyl (C=O) groups excluding carboxylic acids is 1. The molecule has 5 aromatic rings. The Hall–Kier alpha value is -4.19. The van der Waals surface area contributed by atoms with Crippen molar-refractivity contribution in [3.05, 3.63) is 95.5 Å². The van der Waals surface area contributed by atoms with Crippen LogP contribution in [0.2, 0.25) is 0 Å². The largest absolute Gasteiger partial charge is 0.423 e. The first-order valence-corrected chi connectivity index (χ1v) is 9.06. The Labute approximate surface area is 165 Å². The van der Waals surface area contributed by atoms with Gasteiger partial charge in [-0.1, -0.05) is 42.5 Å². The predicted molar refractivity (Wildman–Crippen MR) is 111 cm³/mol. The number of aromatic nitrogens is 3. The zero-order valence-corrected chi connectivity index (χ0v) is 15.2. The minimum Gasteiger partial charge on any atom is -0.410 e. The highest BCUT2D eigenvalue weighted by Gasteiger charge is 2.11. The number of aromatic amines is 1. The molecular formula is C23H15N3O3. The lowest BCUT2D eigenvalue weighted by Gasteiger charge is -2.07. The summed E-state index contributed by atoms with van der Waals surface area (Å²) in [5, 5.41) is 10.00. The number of nitrogens with zero attached hydrogens (tertiary/aromatic N) is 2. The summed E-state index contributed by atoms with van der Waals surface area (Å²) in [7, 11) is 0. The first-order chi connectivity index (χ1) is 14.2. The molecule has 0 fully saturated rings. The van der Waals surface area contributed by atoms with E-state index in [0.29, 0.717) is 16.8 Å². The third-order valence-electron chi connectivity index (χ3n) is 4.79. The monoisotopic (exact) mass is 381 g/mol. The van der Waals surface area contributed by atoms with Crippen molar-refractivity contribution in [3.8, 4) is 17.0 Å². The molecule has 29 heavy (non-hydrogen) atoms.